The van der Waals surface area contributed by atoms with Gasteiger partial charge in [-0.25, -0.2) is 9.97 Å². The second kappa shape index (κ2) is 5.76. The number of aliphatic hydroxyl groups is 1. The van der Waals surface area contributed by atoms with Gasteiger partial charge in [-0.2, -0.15) is 0 Å². The standard InChI is InChI=1S/C14H23N3O/c1-11-16-9-6-12(17-11)13(18)14(10-15)7-4-2-3-5-8-14/h6,9,13,18H,2-5,7-8,10,15H2,1H3. The highest BCUT2D eigenvalue weighted by atomic mass is 16.3. The molecule has 1 fully saturated rings. The van der Waals surface area contributed by atoms with Gasteiger partial charge in [-0.15, -0.1) is 0 Å². The van der Waals surface area contributed by atoms with E-state index in [9.17, 15) is 5.11 Å². The molecule has 100 valence electrons. The molecular formula is C14H23N3O. The van der Waals surface area contributed by atoms with Crippen molar-refractivity contribution in [1.29, 1.82) is 0 Å². The van der Waals surface area contributed by atoms with E-state index in [2.05, 4.69) is 9.97 Å². The lowest BCUT2D eigenvalue weighted by atomic mass is 9.74. The van der Waals surface area contributed by atoms with Crippen LogP contribution in [-0.2, 0) is 0 Å². The van der Waals surface area contributed by atoms with Gasteiger partial charge in [-0.1, -0.05) is 25.7 Å². The summed E-state index contributed by atoms with van der Waals surface area (Å²) in [7, 11) is 0. The normalized spacial score (nSPS) is 21.3. The Bertz CT molecular complexity index is 386. The lowest BCUT2D eigenvalue weighted by Crippen LogP contribution is -2.37. The number of aryl methyl sites for hydroxylation is 1. The molecule has 0 aliphatic heterocycles. The van der Waals surface area contributed by atoms with Gasteiger partial charge in [0.05, 0.1) is 5.69 Å². The van der Waals surface area contributed by atoms with Crippen LogP contribution < -0.4 is 5.73 Å². The number of hydrogen-bond acceptors (Lipinski definition) is 4. The number of aliphatic hydroxyl groups excluding tert-OH is 1. The molecule has 0 aromatic carbocycles. The highest BCUT2D eigenvalue weighted by Crippen LogP contribution is 2.43. The minimum absolute atomic E-state index is 0.197. The summed E-state index contributed by atoms with van der Waals surface area (Å²) in [6.45, 7) is 2.37. The zero-order valence-corrected chi connectivity index (χ0v) is 11.1. The van der Waals surface area contributed by atoms with Crippen LogP contribution in [0.1, 0.15) is 56.1 Å². The lowest BCUT2D eigenvalue weighted by Gasteiger charge is -2.36. The Balaban J connectivity index is 2.25. The Hall–Kier alpha value is -1.00. The smallest absolute Gasteiger partial charge is 0.125 e. The molecule has 18 heavy (non-hydrogen) atoms. The lowest BCUT2D eigenvalue weighted by molar-refractivity contribution is 0.0133. The Kier molecular flexibility index (Phi) is 4.30. The van der Waals surface area contributed by atoms with Crippen molar-refractivity contribution in [1.82, 2.24) is 9.97 Å². The maximum Gasteiger partial charge on any atom is 0.125 e. The Labute approximate surface area is 109 Å². The first-order chi connectivity index (χ1) is 8.68. The van der Waals surface area contributed by atoms with Crippen molar-refractivity contribution in [3.05, 3.63) is 23.8 Å². The van der Waals surface area contributed by atoms with Crippen LogP contribution in [0.4, 0.5) is 0 Å². The van der Waals surface area contributed by atoms with Gasteiger partial charge < -0.3 is 10.8 Å². The van der Waals surface area contributed by atoms with Crippen LogP contribution in [-0.4, -0.2) is 21.6 Å². The van der Waals surface area contributed by atoms with E-state index in [0.29, 0.717) is 12.4 Å². The zero-order valence-electron chi connectivity index (χ0n) is 11.1. The van der Waals surface area contributed by atoms with Crippen LogP contribution in [0.3, 0.4) is 0 Å². The molecule has 1 atom stereocenters. The van der Waals surface area contributed by atoms with Gasteiger partial charge in [-0.3, -0.25) is 0 Å². The first-order valence-electron chi connectivity index (χ1n) is 6.86. The molecule has 0 radical (unpaired) electrons. The largest absolute Gasteiger partial charge is 0.386 e. The number of hydrogen-bond donors (Lipinski definition) is 2. The van der Waals surface area contributed by atoms with Crippen molar-refractivity contribution >= 4 is 0 Å². The quantitative estimate of drug-likeness (QED) is 0.805. The van der Waals surface area contributed by atoms with Gasteiger partial charge >= 0.3 is 0 Å². The fourth-order valence-electron chi connectivity index (χ4n) is 2.96. The van der Waals surface area contributed by atoms with Crippen molar-refractivity contribution in [3.8, 4) is 0 Å². The van der Waals surface area contributed by atoms with Gasteiger partial charge in [0.2, 0.25) is 0 Å². The molecule has 1 aromatic heterocycles. The summed E-state index contributed by atoms with van der Waals surface area (Å²) >= 11 is 0. The molecule has 0 amide bonds. The molecule has 3 N–H and O–H groups in total. The van der Waals surface area contributed by atoms with E-state index in [1.54, 1.807) is 12.3 Å². The number of nitrogens with two attached hydrogens (primary N) is 1. The maximum atomic E-state index is 10.7. The summed E-state index contributed by atoms with van der Waals surface area (Å²) in [6.07, 6.45) is 7.93. The summed E-state index contributed by atoms with van der Waals surface area (Å²) in [4.78, 5) is 8.44. The van der Waals surface area contributed by atoms with Crippen LogP contribution in [0.2, 0.25) is 0 Å². The third-order valence-electron chi connectivity index (χ3n) is 4.16. The number of aromatic nitrogens is 2. The van der Waals surface area contributed by atoms with Gasteiger partial charge in [0.25, 0.3) is 0 Å². The van der Waals surface area contributed by atoms with E-state index in [1.807, 2.05) is 6.92 Å². The molecule has 4 nitrogen and oxygen atoms in total. The molecule has 1 saturated carbocycles. The average molecular weight is 249 g/mol. The minimum atomic E-state index is -0.567. The first kappa shape index (κ1) is 13.4. The van der Waals surface area contributed by atoms with E-state index in [-0.39, 0.29) is 5.41 Å². The van der Waals surface area contributed by atoms with Crippen molar-refractivity contribution in [2.75, 3.05) is 6.54 Å². The average Bonchev–Trinajstić information content (AvgIpc) is 2.64. The molecule has 0 saturated heterocycles. The molecular weight excluding hydrogens is 226 g/mol. The molecule has 0 spiro atoms. The van der Waals surface area contributed by atoms with Gasteiger partial charge in [0.15, 0.2) is 0 Å². The van der Waals surface area contributed by atoms with Gasteiger partial charge in [-0.05, 0) is 25.8 Å². The topological polar surface area (TPSA) is 72.0 Å². The van der Waals surface area contributed by atoms with Crippen molar-refractivity contribution in [2.45, 2.75) is 51.6 Å². The molecule has 1 heterocycles. The van der Waals surface area contributed by atoms with E-state index >= 15 is 0 Å². The summed E-state index contributed by atoms with van der Waals surface area (Å²) in [6, 6.07) is 1.81. The maximum absolute atomic E-state index is 10.7. The Morgan fingerprint density at radius 1 is 1.33 bits per heavy atom. The third kappa shape index (κ3) is 2.70. The number of rotatable bonds is 3. The van der Waals surface area contributed by atoms with Crippen molar-refractivity contribution in [3.63, 3.8) is 0 Å². The van der Waals surface area contributed by atoms with Crippen molar-refractivity contribution < 1.29 is 5.11 Å². The van der Waals surface area contributed by atoms with Gasteiger partial charge in [0.1, 0.15) is 11.9 Å². The highest BCUT2D eigenvalue weighted by molar-refractivity contribution is 5.10. The minimum Gasteiger partial charge on any atom is -0.386 e. The van der Waals surface area contributed by atoms with E-state index in [0.717, 1.165) is 31.4 Å². The molecule has 1 aromatic rings. The molecule has 4 heteroatoms. The summed E-state index contributed by atoms with van der Waals surface area (Å²) in [5.41, 5.74) is 6.50. The molecule has 0 bridgehead atoms. The summed E-state index contributed by atoms with van der Waals surface area (Å²) in [5.74, 6) is 0.701. The number of nitrogens with zero attached hydrogens (tertiary/aromatic N) is 2. The third-order valence-corrected chi connectivity index (χ3v) is 4.16. The van der Waals surface area contributed by atoms with Crippen LogP contribution in [0.15, 0.2) is 12.3 Å². The van der Waals surface area contributed by atoms with Crippen LogP contribution in [0, 0.1) is 12.3 Å². The monoisotopic (exact) mass is 249 g/mol. The fraction of sp³-hybridized carbons (Fsp3) is 0.714. The second-order valence-corrected chi connectivity index (χ2v) is 5.41. The van der Waals surface area contributed by atoms with E-state index < -0.39 is 6.10 Å². The SMILES string of the molecule is Cc1nccc(C(O)C2(CN)CCCCCC2)n1. The van der Waals surface area contributed by atoms with Crippen LogP contribution in [0.5, 0.6) is 0 Å². The molecule has 2 rings (SSSR count). The van der Waals surface area contributed by atoms with E-state index in [4.69, 9.17) is 5.73 Å². The van der Waals surface area contributed by atoms with Crippen LogP contribution >= 0.6 is 0 Å². The predicted octanol–water partition coefficient (Wildman–Crippen LogP) is 2.12. The Morgan fingerprint density at radius 3 is 2.56 bits per heavy atom. The first-order valence-corrected chi connectivity index (χ1v) is 6.86. The fourth-order valence-corrected chi connectivity index (χ4v) is 2.96. The Morgan fingerprint density at radius 2 is 2.00 bits per heavy atom. The summed E-state index contributed by atoms with van der Waals surface area (Å²) in [5, 5.41) is 10.7. The van der Waals surface area contributed by atoms with Crippen LogP contribution in [0.25, 0.3) is 0 Å². The predicted molar refractivity (Wildman–Crippen MR) is 70.9 cm³/mol. The van der Waals surface area contributed by atoms with Crippen molar-refractivity contribution in [2.24, 2.45) is 11.1 Å². The van der Waals surface area contributed by atoms with Gasteiger partial charge in [0, 0.05) is 18.2 Å². The highest BCUT2D eigenvalue weighted by Gasteiger charge is 2.38. The molecule has 1 aliphatic carbocycles. The van der Waals surface area contributed by atoms with E-state index in [1.165, 1.54) is 12.8 Å². The molecule has 1 aliphatic rings. The zero-order chi connectivity index (χ0) is 13.0. The second-order valence-electron chi connectivity index (χ2n) is 5.41. The summed E-state index contributed by atoms with van der Waals surface area (Å²) < 4.78 is 0. The molecule has 1 unspecified atom stereocenters.